The van der Waals surface area contributed by atoms with E-state index >= 15 is 0 Å². The Hall–Kier alpha value is -2.87. The number of hydrogen-bond acceptors (Lipinski definition) is 4. The molecule has 5 heteroatoms. The lowest BCUT2D eigenvalue weighted by atomic mass is 9.78. The topological polar surface area (TPSA) is 72.3 Å². The third kappa shape index (κ3) is 5.60. The minimum atomic E-state index is -0.944. The molecule has 1 aliphatic rings. The molecule has 1 aliphatic heterocycles. The molecule has 0 spiro atoms. The van der Waals surface area contributed by atoms with Gasteiger partial charge in [0.15, 0.2) is 0 Å². The van der Waals surface area contributed by atoms with E-state index in [1.54, 1.807) is 12.4 Å². The second-order valence-electron chi connectivity index (χ2n) is 8.51. The van der Waals surface area contributed by atoms with Gasteiger partial charge in [-0.25, -0.2) is 9.97 Å². The van der Waals surface area contributed by atoms with Crippen LogP contribution in [-0.4, -0.2) is 27.7 Å². The van der Waals surface area contributed by atoms with Gasteiger partial charge in [0.05, 0.1) is 12.2 Å². The number of aliphatic carboxylic acids is 1. The number of fused-ring (bicyclic) bond motifs is 1. The Morgan fingerprint density at radius 2 is 1.93 bits per heavy atom. The zero-order chi connectivity index (χ0) is 21.6. The summed E-state index contributed by atoms with van der Waals surface area (Å²) in [5.41, 5.74) is 4.20. The van der Waals surface area contributed by atoms with Crippen molar-refractivity contribution < 1.29 is 14.6 Å². The van der Waals surface area contributed by atoms with Gasteiger partial charge in [0.2, 0.25) is 0 Å². The Balaban J connectivity index is 1.90. The van der Waals surface area contributed by atoms with E-state index in [0.29, 0.717) is 5.56 Å². The maximum absolute atomic E-state index is 10.8. The second kappa shape index (κ2) is 9.75. The third-order valence-corrected chi connectivity index (χ3v) is 5.57. The quantitative estimate of drug-likeness (QED) is 0.534. The van der Waals surface area contributed by atoms with E-state index in [4.69, 9.17) is 9.84 Å². The summed E-state index contributed by atoms with van der Waals surface area (Å²) in [6.45, 7) is 7.47. The Morgan fingerprint density at radius 3 is 2.63 bits per heavy atom. The molecule has 0 saturated heterocycles. The molecule has 1 N–H and O–H groups in total. The highest BCUT2D eigenvalue weighted by molar-refractivity contribution is 5.68. The highest BCUT2D eigenvalue weighted by Gasteiger charge is 2.29. The Kier molecular flexibility index (Phi) is 7.10. The lowest BCUT2D eigenvalue weighted by Gasteiger charge is -2.33. The molecule has 0 atom stereocenters. The monoisotopic (exact) mass is 406 g/mol. The minimum absolute atomic E-state index is 0.0619. The van der Waals surface area contributed by atoms with Crippen LogP contribution in [0.4, 0.5) is 0 Å². The van der Waals surface area contributed by atoms with Crippen molar-refractivity contribution in [2.75, 3.05) is 6.61 Å². The van der Waals surface area contributed by atoms with Crippen molar-refractivity contribution in [3.63, 3.8) is 0 Å². The predicted octanol–water partition coefficient (Wildman–Crippen LogP) is 4.69. The van der Waals surface area contributed by atoms with Gasteiger partial charge in [0.1, 0.15) is 18.0 Å². The van der Waals surface area contributed by atoms with Gasteiger partial charge in [-0.3, -0.25) is 4.79 Å². The first-order chi connectivity index (χ1) is 14.4. The van der Waals surface area contributed by atoms with Crippen molar-refractivity contribution in [2.45, 2.75) is 71.1 Å². The van der Waals surface area contributed by atoms with E-state index < -0.39 is 5.97 Å². The van der Waals surface area contributed by atoms with Crippen LogP contribution in [0, 0.1) is 11.8 Å². The molecule has 0 amide bonds. The molecule has 2 aromatic rings. The molecule has 30 heavy (non-hydrogen) atoms. The van der Waals surface area contributed by atoms with Crippen LogP contribution in [0.15, 0.2) is 24.5 Å². The lowest BCUT2D eigenvalue weighted by Crippen LogP contribution is -2.27. The zero-order valence-corrected chi connectivity index (χ0v) is 18.1. The molecule has 2 heterocycles. The van der Waals surface area contributed by atoms with Crippen LogP contribution >= 0.6 is 0 Å². The fourth-order valence-electron chi connectivity index (χ4n) is 3.67. The zero-order valence-electron chi connectivity index (χ0n) is 18.1. The van der Waals surface area contributed by atoms with Crippen LogP contribution in [0.5, 0.6) is 5.75 Å². The summed E-state index contributed by atoms with van der Waals surface area (Å²) in [6, 6.07) is 4.37. The van der Waals surface area contributed by atoms with Crippen molar-refractivity contribution in [2.24, 2.45) is 0 Å². The number of aryl methyl sites for hydroxylation is 1. The van der Waals surface area contributed by atoms with Crippen LogP contribution in [0.3, 0.4) is 0 Å². The second-order valence-corrected chi connectivity index (χ2v) is 8.51. The van der Waals surface area contributed by atoms with Crippen molar-refractivity contribution >= 4 is 5.97 Å². The van der Waals surface area contributed by atoms with Crippen molar-refractivity contribution in [3.8, 4) is 17.6 Å². The van der Waals surface area contributed by atoms with Crippen LogP contribution in [0.1, 0.15) is 81.0 Å². The summed E-state index contributed by atoms with van der Waals surface area (Å²) in [5, 5.41) is 8.84. The number of ether oxygens (including phenoxy) is 1. The molecule has 0 unspecified atom stereocenters. The number of carboxylic acid groups (broad SMARTS) is 1. The molecular weight excluding hydrogens is 376 g/mol. The van der Waals surface area contributed by atoms with Crippen molar-refractivity contribution in [3.05, 3.63) is 52.6 Å². The van der Waals surface area contributed by atoms with E-state index in [2.05, 4.69) is 54.7 Å². The predicted molar refractivity (Wildman–Crippen MR) is 117 cm³/mol. The first-order valence-electron chi connectivity index (χ1n) is 10.7. The van der Waals surface area contributed by atoms with Crippen LogP contribution in [0.25, 0.3) is 0 Å². The van der Waals surface area contributed by atoms with Gasteiger partial charge in [-0.15, -0.1) is 0 Å². The number of unbranched alkanes of at least 4 members (excludes halogenated alkanes) is 3. The van der Waals surface area contributed by atoms with E-state index in [1.165, 1.54) is 30.4 Å². The van der Waals surface area contributed by atoms with Gasteiger partial charge in [-0.1, -0.05) is 51.9 Å². The first-order valence-corrected chi connectivity index (χ1v) is 10.7. The number of aromatic nitrogens is 2. The molecule has 158 valence electrons. The molecule has 0 aliphatic carbocycles. The summed E-state index contributed by atoms with van der Waals surface area (Å²) < 4.78 is 5.97. The summed E-state index contributed by atoms with van der Waals surface area (Å²) in [5.74, 6) is 6.81. The Labute approximate surface area is 178 Å². The van der Waals surface area contributed by atoms with Crippen molar-refractivity contribution in [1.29, 1.82) is 0 Å². The fraction of sp³-hybridized carbons (Fsp3) is 0.480. The first kappa shape index (κ1) is 21.8. The molecule has 0 radical (unpaired) electrons. The number of nitrogens with zero attached hydrogens (tertiary/aromatic N) is 2. The average molecular weight is 407 g/mol. The van der Waals surface area contributed by atoms with Crippen LogP contribution < -0.4 is 4.74 Å². The van der Waals surface area contributed by atoms with Gasteiger partial charge in [-0.05, 0) is 42.4 Å². The summed E-state index contributed by atoms with van der Waals surface area (Å²) in [4.78, 5) is 19.0. The van der Waals surface area contributed by atoms with Crippen molar-refractivity contribution in [1.82, 2.24) is 9.97 Å². The smallest absolute Gasteiger partial charge is 0.311 e. The van der Waals surface area contributed by atoms with Crippen LogP contribution in [0.2, 0.25) is 0 Å². The Bertz CT molecular complexity index is 953. The normalized spacial score (nSPS) is 14.2. The number of hydrogen-bond donors (Lipinski definition) is 1. The summed E-state index contributed by atoms with van der Waals surface area (Å²) in [6.07, 6.45) is 9.77. The fourth-order valence-corrected chi connectivity index (χ4v) is 3.67. The molecular formula is C25H30N2O3. The van der Waals surface area contributed by atoms with E-state index in [0.717, 1.165) is 37.2 Å². The number of carbonyl (C=O) groups is 1. The maximum atomic E-state index is 10.8. The third-order valence-electron chi connectivity index (χ3n) is 5.57. The SMILES string of the molecule is CCCCCCc1cc2c(cc1C#Cc1cnc(CC(=O)O)nc1)C(C)(C)CCO2. The largest absolute Gasteiger partial charge is 0.493 e. The average Bonchev–Trinajstić information content (AvgIpc) is 2.70. The maximum Gasteiger partial charge on any atom is 0.311 e. The molecule has 0 fully saturated rings. The lowest BCUT2D eigenvalue weighted by molar-refractivity contribution is -0.136. The molecule has 0 bridgehead atoms. The standard InChI is InChI=1S/C25H30N2O3/c1-4-5-6-7-8-19-14-22-21(25(2,3)11-12-30-22)13-20(19)10-9-18-16-26-23(27-17-18)15-24(28)29/h13-14,16-17H,4-8,11-12,15H2,1-3H3,(H,28,29). The van der Waals surface area contributed by atoms with E-state index in [9.17, 15) is 4.79 Å². The molecule has 5 nitrogen and oxygen atoms in total. The van der Waals surface area contributed by atoms with E-state index in [1.807, 2.05) is 0 Å². The highest BCUT2D eigenvalue weighted by Crippen LogP contribution is 2.40. The van der Waals surface area contributed by atoms with Gasteiger partial charge in [0, 0.05) is 23.5 Å². The highest BCUT2D eigenvalue weighted by atomic mass is 16.5. The minimum Gasteiger partial charge on any atom is -0.493 e. The Morgan fingerprint density at radius 1 is 1.17 bits per heavy atom. The number of benzene rings is 1. The van der Waals surface area contributed by atoms with Gasteiger partial charge in [-0.2, -0.15) is 0 Å². The number of rotatable bonds is 7. The van der Waals surface area contributed by atoms with Crippen LogP contribution in [-0.2, 0) is 23.1 Å². The summed E-state index contributed by atoms with van der Waals surface area (Å²) in [7, 11) is 0. The van der Waals surface area contributed by atoms with Gasteiger partial charge in [0.25, 0.3) is 0 Å². The molecule has 1 aromatic heterocycles. The van der Waals surface area contributed by atoms with Gasteiger partial charge >= 0.3 is 5.97 Å². The van der Waals surface area contributed by atoms with E-state index in [-0.39, 0.29) is 17.7 Å². The molecule has 1 aromatic carbocycles. The molecule has 3 rings (SSSR count). The number of carboxylic acids is 1. The molecule has 0 saturated carbocycles. The van der Waals surface area contributed by atoms with Gasteiger partial charge < -0.3 is 9.84 Å². The summed E-state index contributed by atoms with van der Waals surface area (Å²) >= 11 is 0.